The number of halogens is 6. The molecule has 0 amide bonds. The van der Waals surface area contributed by atoms with Crippen LogP contribution in [0.2, 0.25) is 0 Å². The first kappa shape index (κ1) is 23.7. The lowest BCUT2D eigenvalue weighted by atomic mass is 9.98. The minimum Gasteiger partial charge on any atom is -0.342 e. The van der Waals surface area contributed by atoms with Gasteiger partial charge in [-0.3, -0.25) is 0 Å². The standard InChI is InChI=1S/C26H16F6O2/c1-15-13-33-23(34-14-15)7-4-16-2-5-17(6-3-16)18-10-19-12-21(27)20(8-9-26(30,31)32)25(29)24(19)22(28)11-18/h2-3,5-6,10-12,15,23H,13-14H2,1H3. The predicted octanol–water partition coefficient (Wildman–Crippen LogP) is 6.20. The van der Waals surface area contributed by atoms with Crippen LogP contribution in [0.4, 0.5) is 26.3 Å². The SMILES string of the molecule is CC1COC(C#Cc2ccc(-c3cc(F)c4c(F)c(C#CC(F)(F)F)c(F)cc4c3)cc2)OC1. The van der Waals surface area contributed by atoms with Gasteiger partial charge >= 0.3 is 6.18 Å². The highest BCUT2D eigenvalue weighted by atomic mass is 19.4. The van der Waals surface area contributed by atoms with E-state index < -0.39 is 40.9 Å². The van der Waals surface area contributed by atoms with Crippen LogP contribution < -0.4 is 0 Å². The fourth-order valence-corrected chi connectivity index (χ4v) is 3.40. The van der Waals surface area contributed by atoms with Gasteiger partial charge in [-0.15, -0.1) is 0 Å². The molecule has 1 heterocycles. The van der Waals surface area contributed by atoms with Crippen LogP contribution in [0.5, 0.6) is 0 Å². The van der Waals surface area contributed by atoms with Crippen LogP contribution in [-0.2, 0) is 9.47 Å². The monoisotopic (exact) mass is 474 g/mol. The second kappa shape index (κ2) is 9.42. The maximum absolute atomic E-state index is 14.7. The summed E-state index contributed by atoms with van der Waals surface area (Å²) in [5.41, 5.74) is 0.387. The fourth-order valence-electron chi connectivity index (χ4n) is 3.40. The van der Waals surface area contributed by atoms with E-state index >= 15 is 0 Å². The quantitative estimate of drug-likeness (QED) is 0.309. The molecule has 3 aromatic rings. The first-order valence-corrected chi connectivity index (χ1v) is 10.2. The zero-order valence-corrected chi connectivity index (χ0v) is 17.7. The molecule has 0 bridgehead atoms. The van der Waals surface area contributed by atoms with Crippen molar-refractivity contribution in [3.8, 4) is 34.8 Å². The van der Waals surface area contributed by atoms with E-state index in [9.17, 15) is 26.3 Å². The van der Waals surface area contributed by atoms with Crippen molar-refractivity contribution in [3.63, 3.8) is 0 Å². The van der Waals surface area contributed by atoms with Gasteiger partial charge in [0.05, 0.1) is 24.2 Å². The highest BCUT2D eigenvalue weighted by Crippen LogP contribution is 2.31. The third-order valence-electron chi connectivity index (χ3n) is 5.03. The molecule has 0 unspecified atom stereocenters. The summed E-state index contributed by atoms with van der Waals surface area (Å²) in [4.78, 5) is 0. The number of benzene rings is 3. The number of rotatable bonds is 1. The molecule has 1 fully saturated rings. The molecule has 2 nitrogen and oxygen atoms in total. The van der Waals surface area contributed by atoms with Crippen molar-refractivity contribution in [3.05, 3.63) is 71.0 Å². The molecule has 0 N–H and O–H groups in total. The van der Waals surface area contributed by atoms with E-state index in [0.717, 1.165) is 18.1 Å². The number of alkyl halides is 3. The molecule has 3 aromatic carbocycles. The van der Waals surface area contributed by atoms with Gasteiger partial charge in [-0.05, 0) is 52.8 Å². The Morgan fingerprint density at radius 3 is 2.18 bits per heavy atom. The topological polar surface area (TPSA) is 18.5 Å². The second-order valence-corrected chi connectivity index (χ2v) is 7.80. The van der Waals surface area contributed by atoms with Crippen LogP contribution in [-0.4, -0.2) is 25.7 Å². The molecule has 0 aromatic heterocycles. The number of ether oxygens (including phenoxy) is 2. The fraction of sp³-hybridized carbons (Fsp3) is 0.231. The Hall–Kier alpha value is -3.46. The summed E-state index contributed by atoms with van der Waals surface area (Å²) in [7, 11) is 0. The molecule has 8 heteroatoms. The Balaban J connectivity index is 1.63. The summed E-state index contributed by atoms with van der Waals surface area (Å²) in [6, 6.07) is 9.82. The van der Waals surface area contributed by atoms with Crippen LogP contribution in [0.1, 0.15) is 18.1 Å². The highest BCUT2D eigenvalue weighted by molar-refractivity contribution is 5.89. The van der Waals surface area contributed by atoms with Gasteiger partial charge in [0, 0.05) is 17.4 Å². The molecule has 1 aliphatic rings. The summed E-state index contributed by atoms with van der Waals surface area (Å²) in [5.74, 6) is 4.46. The molecule has 1 aliphatic heterocycles. The van der Waals surface area contributed by atoms with Crippen LogP contribution >= 0.6 is 0 Å². The molecular weight excluding hydrogens is 458 g/mol. The van der Waals surface area contributed by atoms with Gasteiger partial charge in [0.1, 0.15) is 11.6 Å². The maximum Gasteiger partial charge on any atom is 0.458 e. The van der Waals surface area contributed by atoms with Gasteiger partial charge in [0.2, 0.25) is 6.29 Å². The van der Waals surface area contributed by atoms with Crippen LogP contribution in [0.25, 0.3) is 21.9 Å². The lowest BCUT2D eigenvalue weighted by Gasteiger charge is -2.23. The molecule has 0 saturated carbocycles. The summed E-state index contributed by atoms with van der Waals surface area (Å²) < 4.78 is 91.5. The number of fused-ring (bicyclic) bond motifs is 1. The van der Waals surface area contributed by atoms with Crippen molar-refractivity contribution in [2.45, 2.75) is 19.4 Å². The molecule has 0 aliphatic carbocycles. The number of hydrogen-bond donors (Lipinski definition) is 0. The van der Waals surface area contributed by atoms with E-state index in [4.69, 9.17) is 9.47 Å². The molecular formula is C26H16F6O2. The van der Waals surface area contributed by atoms with Gasteiger partial charge in [0.25, 0.3) is 0 Å². The molecule has 0 atom stereocenters. The zero-order chi connectivity index (χ0) is 24.5. The predicted molar refractivity (Wildman–Crippen MR) is 114 cm³/mol. The molecule has 1 saturated heterocycles. The summed E-state index contributed by atoms with van der Waals surface area (Å²) in [5, 5.41) is -0.784. The van der Waals surface area contributed by atoms with Crippen molar-refractivity contribution >= 4 is 10.8 Å². The molecule has 34 heavy (non-hydrogen) atoms. The first-order chi connectivity index (χ1) is 16.1. The lowest BCUT2D eigenvalue weighted by Crippen LogP contribution is -2.29. The summed E-state index contributed by atoms with van der Waals surface area (Å²) in [6.45, 7) is 3.12. The third-order valence-corrected chi connectivity index (χ3v) is 5.03. The van der Waals surface area contributed by atoms with Crippen molar-refractivity contribution < 1.29 is 35.8 Å². The lowest BCUT2D eigenvalue weighted by molar-refractivity contribution is -0.165. The minimum absolute atomic E-state index is 0.146. The zero-order valence-electron chi connectivity index (χ0n) is 17.7. The molecule has 4 rings (SSSR count). The van der Waals surface area contributed by atoms with E-state index in [1.165, 1.54) is 12.0 Å². The highest BCUT2D eigenvalue weighted by Gasteiger charge is 2.24. The van der Waals surface area contributed by atoms with Gasteiger partial charge in [-0.1, -0.05) is 30.9 Å². The van der Waals surface area contributed by atoms with Crippen molar-refractivity contribution in [2.24, 2.45) is 5.92 Å². The van der Waals surface area contributed by atoms with Crippen LogP contribution in [0.15, 0.2) is 42.5 Å². The Labute approximate surface area is 191 Å². The minimum atomic E-state index is -4.94. The Morgan fingerprint density at radius 2 is 1.53 bits per heavy atom. The van der Waals surface area contributed by atoms with E-state index in [0.29, 0.717) is 35.8 Å². The van der Waals surface area contributed by atoms with Crippen LogP contribution in [0.3, 0.4) is 0 Å². The molecule has 0 radical (unpaired) electrons. The average Bonchev–Trinajstić information content (AvgIpc) is 2.77. The van der Waals surface area contributed by atoms with Gasteiger partial charge in [0.15, 0.2) is 5.82 Å². The Kier molecular flexibility index (Phi) is 6.56. The normalized spacial score (nSPS) is 18.1. The van der Waals surface area contributed by atoms with E-state index in [1.54, 1.807) is 24.3 Å². The summed E-state index contributed by atoms with van der Waals surface area (Å²) in [6.07, 6.45) is -5.55. The van der Waals surface area contributed by atoms with E-state index in [2.05, 4.69) is 11.8 Å². The molecule has 0 spiro atoms. The van der Waals surface area contributed by atoms with Crippen molar-refractivity contribution in [2.75, 3.05) is 13.2 Å². The van der Waals surface area contributed by atoms with Crippen molar-refractivity contribution in [1.29, 1.82) is 0 Å². The summed E-state index contributed by atoms with van der Waals surface area (Å²) >= 11 is 0. The van der Waals surface area contributed by atoms with Crippen molar-refractivity contribution in [1.82, 2.24) is 0 Å². The molecule has 174 valence electrons. The third kappa shape index (κ3) is 5.36. The maximum atomic E-state index is 14.7. The second-order valence-electron chi connectivity index (χ2n) is 7.80. The van der Waals surface area contributed by atoms with Gasteiger partial charge in [-0.25, -0.2) is 13.2 Å². The van der Waals surface area contributed by atoms with Gasteiger partial charge < -0.3 is 9.47 Å². The number of hydrogen-bond acceptors (Lipinski definition) is 2. The Bertz CT molecular complexity index is 1350. The van der Waals surface area contributed by atoms with Crippen LogP contribution in [0, 0.1) is 47.1 Å². The van der Waals surface area contributed by atoms with E-state index in [1.807, 2.05) is 6.92 Å². The van der Waals surface area contributed by atoms with E-state index in [-0.39, 0.29) is 5.39 Å². The first-order valence-electron chi connectivity index (χ1n) is 10.2. The smallest absolute Gasteiger partial charge is 0.342 e. The Morgan fingerprint density at radius 1 is 0.853 bits per heavy atom. The van der Waals surface area contributed by atoms with Gasteiger partial charge in [-0.2, -0.15) is 13.2 Å². The average molecular weight is 474 g/mol. The largest absolute Gasteiger partial charge is 0.458 e.